The first kappa shape index (κ1) is 12.4. The fourth-order valence-corrected chi connectivity index (χ4v) is 1.82. The molecule has 18 heavy (non-hydrogen) atoms. The monoisotopic (exact) mass is 247 g/mol. The zero-order chi connectivity index (χ0) is 13.3. The van der Waals surface area contributed by atoms with Crippen LogP contribution in [0.2, 0.25) is 0 Å². The first-order valence-corrected chi connectivity index (χ1v) is 5.53. The summed E-state index contributed by atoms with van der Waals surface area (Å²) >= 11 is 0. The van der Waals surface area contributed by atoms with E-state index in [9.17, 15) is 9.18 Å². The number of hydrogen-bond donors (Lipinski definition) is 1. The molecule has 1 aromatic heterocycles. The molecule has 0 radical (unpaired) electrons. The molecule has 0 saturated carbocycles. The lowest BCUT2D eigenvalue weighted by Crippen LogP contribution is -2.22. The van der Waals surface area contributed by atoms with E-state index in [4.69, 9.17) is 5.73 Å². The average Bonchev–Trinajstić information content (AvgIpc) is 2.74. The van der Waals surface area contributed by atoms with Gasteiger partial charge in [-0.3, -0.25) is 9.48 Å². The summed E-state index contributed by atoms with van der Waals surface area (Å²) in [6.45, 7) is 1.69. The summed E-state index contributed by atoms with van der Waals surface area (Å²) in [7, 11) is 1.75. The molecule has 0 fully saturated rings. The number of Topliss-reactive ketones (excluding diaryl/α,β-unsaturated/α-hetero) is 1. The lowest BCUT2D eigenvalue weighted by molar-refractivity contribution is 0.0960. The third-order valence-electron chi connectivity index (χ3n) is 2.82. The van der Waals surface area contributed by atoms with Crippen LogP contribution < -0.4 is 5.73 Å². The molecule has 2 rings (SSSR count). The zero-order valence-electron chi connectivity index (χ0n) is 10.2. The Morgan fingerprint density at radius 1 is 1.50 bits per heavy atom. The largest absolute Gasteiger partial charge is 0.317 e. The van der Waals surface area contributed by atoms with E-state index in [-0.39, 0.29) is 11.6 Å². The van der Waals surface area contributed by atoms with Gasteiger partial charge in [0.15, 0.2) is 5.78 Å². The summed E-state index contributed by atoms with van der Waals surface area (Å²) in [4.78, 5) is 12.2. The van der Waals surface area contributed by atoms with Crippen LogP contribution >= 0.6 is 0 Å². The van der Waals surface area contributed by atoms with Gasteiger partial charge in [0, 0.05) is 24.4 Å². The quantitative estimate of drug-likeness (QED) is 0.840. The first-order valence-electron chi connectivity index (χ1n) is 5.53. The van der Waals surface area contributed by atoms with Crippen molar-refractivity contribution in [3.63, 3.8) is 0 Å². The lowest BCUT2D eigenvalue weighted by atomic mass is 9.97. The molecule has 0 amide bonds. The Hall–Kier alpha value is -2.01. The van der Waals surface area contributed by atoms with Crippen molar-refractivity contribution in [3.05, 3.63) is 53.1 Å². The molecule has 2 N–H and O–H groups in total. The molecule has 1 unspecified atom stereocenters. The molecule has 4 nitrogen and oxygen atoms in total. The maximum absolute atomic E-state index is 13.0. The van der Waals surface area contributed by atoms with E-state index in [0.717, 1.165) is 0 Å². The molecule has 0 aliphatic carbocycles. The highest BCUT2D eigenvalue weighted by molar-refractivity contribution is 6.01. The standard InChI is InChI=1S/C13H14FN3O/c1-8-5-10(14)3-4-11(8)13(18)12(15)9-6-16-17(2)7-9/h3-7,12H,15H2,1-2H3. The van der Waals surface area contributed by atoms with E-state index < -0.39 is 6.04 Å². The molecule has 5 heteroatoms. The number of carbonyl (C=O) groups excluding carboxylic acids is 1. The van der Waals surface area contributed by atoms with Gasteiger partial charge in [-0.05, 0) is 30.7 Å². The Kier molecular flexibility index (Phi) is 3.25. The normalized spacial score (nSPS) is 12.4. The summed E-state index contributed by atoms with van der Waals surface area (Å²) < 4.78 is 14.6. The van der Waals surface area contributed by atoms with Crippen molar-refractivity contribution in [3.8, 4) is 0 Å². The molecule has 0 aliphatic heterocycles. The molecule has 0 saturated heterocycles. The second kappa shape index (κ2) is 4.70. The number of nitrogens with two attached hydrogens (primary N) is 1. The minimum absolute atomic E-state index is 0.236. The van der Waals surface area contributed by atoms with E-state index in [1.165, 1.54) is 18.2 Å². The number of carbonyl (C=O) groups is 1. The summed E-state index contributed by atoms with van der Waals surface area (Å²) in [5.74, 6) is -0.598. The zero-order valence-corrected chi connectivity index (χ0v) is 10.2. The van der Waals surface area contributed by atoms with Crippen LogP contribution in [-0.4, -0.2) is 15.6 Å². The van der Waals surface area contributed by atoms with Crippen molar-refractivity contribution in [1.82, 2.24) is 9.78 Å². The number of aryl methyl sites for hydroxylation is 2. The van der Waals surface area contributed by atoms with E-state index in [2.05, 4.69) is 5.10 Å². The van der Waals surface area contributed by atoms with Crippen molar-refractivity contribution < 1.29 is 9.18 Å². The van der Waals surface area contributed by atoms with Crippen LogP contribution in [0.5, 0.6) is 0 Å². The molecule has 0 aliphatic rings. The number of benzene rings is 1. The number of hydrogen-bond acceptors (Lipinski definition) is 3. The van der Waals surface area contributed by atoms with Gasteiger partial charge in [0.25, 0.3) is 0 Å². The van der Waals surface area contributed by atoms with E-state index in [1.54, 1.807) is 31.0 Å². The van der Waals surface area contributed by atoms with E-state index >= 15 is 0 Å². The Morgan fingerprint density at radius 2 is 2.22 bits per heavy atom. The van der Waals surface area contributed by atoms with Crippen LogP contribution in [0.4, 0.5) is 4.39 Å². The van der Waals surface area contributed by atoms with Crippen LogP contribution in [0.15, 0.2) is 30.6 Å². The number of rotatable bonds is 3. The van der Waals surface area contributed by atoms with Gasteiger partial charge < -0.3 is 5.73 Å². The molecular weight excluding hydrogens is 233 g/mol. The van der Waals surface area contributed by atoms with Crippen molar-refractivity contribution in [1.29, 1.82) is 0 Å². The van der Waals surface area contributed by atoms with Gasteiger partial charge >= 0.3 is 0 Å². The van der Waals surface area contributed by atoms with Gasteiger partial charge in [-0.25, -0.2) is 4.39 Å². The Bertz CT molecular complexity index is 592. The van der Waals surface area contributed by atoms with Crippen molar-refractivity contribution in [2.75, 3.05) is 0 Å². The van der Waals surface area contributed by atoms with Crippen LogP contribution in [0.1, 0.15) is 27.5 Å². The topological polar surface area (TPSA) is 60.9 Å². The molecule has 94 valence electrons. The summed E-state index contributed by atoms with van der Waals surface area (Å²) in [6, 6.07) is 3.27. The minimum atomic E-state index is -0.775. The lowest BCUT2D eigenvalue weighted by Gasteiger charge is -2.10. The van der Waals surface area contributed by atoms with Gasteiger partial charge in [-0.1, -0.05) is 0 Å². The molecule has 0 spiro atoms. The number of nitrogens with zero attached hydrogens (tertiary/aromatic N) is 2. The summed E-state index contributed by atoms with van der Waals surface area (Å²) in [6.07, 6.45) is 3.25. The molecule has 2 aromatic rings. The fraction of sp³-hybridized carbons (Fsp3) is 0.231. The highest BCUT2D eigenvalue weighted by Crippen LogP contribution is 2.18. The third-order valence-corrected chi connectivity index (χ3v) is 2.82. The maximum atomic E-state index is 13.0. The second-order valence-electron chi connectivity index (χ2n) is 4.25. The first-order chi connectivity index (χ1) is 8.49. The number of aromatic nitrogens is 2. The number of ketones is 1. The summed E-state index contributed by atoms with van der Waals surface area (Å²) in [5.41, 5.74) is 7.56. The smallest absolute Gasteiger partial charge is 0.184 e. The summed E-state index contributed by atoms with van der Waals surface area (Å²) in [5, 5.41) is 3.97. The Morgan fingerprint density at radius 3 is 2.78 bits per heavy atom. The second-order valence-corrected chi connectivity index (χ2v) is 4.25. The highest BCUT2D eigenvalue weighted by atomic mass is 19.1. The van der Waals surface area contributed by atoms with Crippen LogP contribution in [0.3, 0.4) is 0 Å². The van der Waals surface area contributed by atoms with E-state index in [0.29, 0.717) is 16.7 Å². The van der Waals surface area contributed by atoms with Gasteiger partial charge in [-0.15, -0.1) is 0 Å². The molecule has 1 heterocycles. The van der Waals surface area contributed by atoms with Crippen LogP contribution in [-0.2, 0) is 7.05 Å². The van der Waals surface area contributed by atoms with Crippen molar-refractivity contribution in [2.45, 2.75) is 13.0 Å². The fourth-order valence-electron chi connectivity index (χ4n) is 1.82. The average molecular weight is 247 g/mol. The highest BCUT2D eigenvalue weighted by Gasteiger charge is 2.20. The predicted molar refractivity (Wildman–Crippen MR) is 65.6 cm³/mol. The Labute approximate surface area is 104 Å². The maximum Gasteiger partial charge on any atom is 0.184 e. The van der Waals surface area contributed by atoms with Gasteiger partial charge in [0.2, 0.25) is 0 Å². The van der Waals surface area contributed by atoms with Gasteiger partial charge in [0.1, 0.15) is 5.82 Å². The Balaban J connectivity index is 2.31. The SMILES string of the molecule is Cc1cc(F)ccc1C(=O)C(N)c1cnn(C)c1. The van der Waals surface area contributed by atoms with Gasteiger partial charge in [0.05, 0.1) is 12.2 Å². The van der Waals surface area contributed by atoms with Gasteiger partial charge in [-0.2, -0.15) is 5.10 Å². The molecule has 1 aromatic carbocycles. The molecular formula is C13H14FN3O. The number of halogens is 1. The predicted octanol–water partition coefficient (Wildman–Crippen LogP) is 1.75. The van der Waals surface area contributed by atoms with Crippen molar-refractivity contribution in [2.24, 2.45) is 12.8 Å². The minimum Gasteiger partial charge on any atom is -0.317 e. The molecule has 0 bridgehead atoms. The third kappa shape index (κ3) is 2.31. The van der Waals surface area contributed by atoms with Crippen LogP contribution in [0.25, 0.3) is 0 Å². The van der Waals surface area contributed by atoms with E-state index in [1.807, 2.05) is 0 Å². The van der Waals surface area contributed by atoms with Crippen LogP contribution in [0, 0.1) is 12.7 Å². The molecule has 1 atom stereocenters. The van der Waals surface area contributed by atoms with Crippen molar-refractivity contribution >= 4 is 5.78 Å².